The number of hydrogen-bond acceptors (Lipinski definition) is 4. The van der Waals surface area contributed by atoms with Crippen molar-refractivity contribution in [1.29, 1.82) is 0 Å². The predicted octanol–water partition coefficient (Wildman–Crippen LogP) is 4.94. The molecule has 5 rings (SSSR count). The van der Waals surface area contributed by atoms with E-state index < -0.39 is 0 Å². The maximum Gasteiger partial charge on any atom is 0.119 e. The van der Waals surface area contributed by atoms with Crippen LogP contribution in [0.1, 0.15) is 61.1 Å². The molecule has 2 saturated carbocycles. The molecule has 172 valence electrons. The number of nitrogens with zero attached hydrogens (tertiary/aromatic N) is 1. The van der Waals surface area contributed by atoms with Crippen LogP contribution in [0, 0.1) is 17.3 Å². The number of aryl methyl sites for hydroxylation is 1. The van der Waals surface area contributed by atoms with Gasteiger partial charge < -0.3 is 19.8 Å². The molecule has 0 radical (unpaired) electrons. The monoisotopic (exact) mass is 435 g/mol. The van der Waals surface area contributed by atoms with E-state index in [0.29, 0.717) is 36.0 Å². The molecule has 5 unspecified atom stereocenters. The van der Waals surface area contributed by atoms with Crippen LogP contribution in [0.3, 0.4) is 0 Å². The maximum atomic E-state index is 11.0. The molecule has 2 aromatic carbocycles. The van der Waals surface area contributed by atoms with E-state index in [0.717, 1.165) is 44.4 Å². The molecule has 0 heterocycles. The van der Waals surface area contributed by atoms with Crippen LogP contribution in [0.25, 0.3) is 0 Å². The molecule has 0 amide bonds. The van der Waals surface area contributed by atoms with Crippen LogP contribution in [0.2, 0.25) is 0 Å². The Balaban J connectivity index is 1.48. The number of phenolic OH excluding ortho intramolecular Hbond substituents is 1. The third kappa shape index (κ3) is 3.72. The topological polar surface area (TPSA) is 52.9 Å². The van der Waals surface area contributed by atoms with Gasteiger partial charge >= 0.3 is 0 Å². The molecule has 0 bridgehead atoms. The fourth-order valence-corrected chi connectivity index (χ4v) is 7.15. The second-order valence-corrected chi connectivity index (χ2v) is 10.8. The summed E-state index contributed by atoms with van der Waals surface area (Å²) in [6, 6.07) is 14.7. The second-order valence-electron chi connectivity index (χ2n) is 10.8. The van der Waals surface area contributed by atoms with Gasteiger partial charge in [0.15, 0.2) is 0 Å². The number of likely N-dealkylation sites (N-methyl/N-ethyl adjacent to an activating group) is 1. The van der Waals surface area contributed by atoms with Crippen LogP contribution >= 0.6 is 0 Å². The highest BCUT2D eigenvalue weighted by Crippen LogP contribution is 2.65. The van der Waals surface area contributed by atoms with Crippen molar-refractivity contribution in [3.05, 3.63) is 59.2 Å². The van der Waals surface area contributed by atoms with Crippen molar-refractivity contribution in [1.82, 2.24) is 4.90 Å². The standard InChI is InChI=1S/C28H37NO3/c1-28-17-24(18-4-8-21(9-5-18)32-15-14-29(2)3)27-22-11-7-20(30)16-19(22)6-10-23(27)25(28)12-13-26(28)31/h4-5,7-9,11,16,23-27,30-31H,6,10,12-15,17H2,1-3H3/t23?,24?,25?,26?,27?,28-/m0/s1. The Morgan fingerprint density at radius 1 is 1.06 bits per heavy atom. The van der Waals surface area contributed by atoms with Crippen molar-refractivity contribution in [2.45, 2.75) is 57.0 Å². The van der Waals surface area contributed by atoms with E-state index in [1.54, 1.807) is 0 Å². The molecule has 2 fully saturated rings. The molecule has 0 aromatic heterocycles. The summed E-state index contributed by atoms with van der Waals surface area (Å²) in [6.07, 6.45) is 5.05. The van der Waals surface area contributed by atoms with Crippen LogP contribution in [0.4, 0.5) is 0 Å². The van der Waals surface area contributed by atoms with Gasteiger partial charge in [-0.05, 0) is 116 Å². The molecule has 4 heteroatoms. The highest BCUT2D eigenvalue weighted by Gasteiger charge is 2.57. The zero-order valence-corrected chi connectivity index (χ0v) is 19.6. The first-order valence-electron chi connectivity index (χ1n) is 12.2. The van der Waals surface area contributed by atoms with Crippen LogP contribution in [0.15, 0.2) is 42.5 Å². The Morgan fingerprint density at radius 2 is 1.84 bits per heavy atom. The van der Waals surface area contributed by atoms with Gasteiger partial charge in [-0.1, -0.05) is 25.1 Å². The number of aliphatic hydroxyl groups is 1. The average Bonchev–Trinajstić information content (AvgIpc) is 3.07. The lowest BCUT2D eigenvalue weighted by Crippen LogP contribution is -2.47. The van der Waals surface area contributed by atoms with Gasteiger partial charge in [-0.2, -0.15) is 0 Å². The van der Waals surface area contributed by atoms with Gasteiger partial charge in [-0.25, -0.2) is 0 Å². The first kappa shape index (κ1) is 21.8. The number of fused-ring (bicyclic) bond motifs is 5. The minimum absolute atomic E-state index is 0.0128. The lowest BCUT2D eigenvalue weighted by Gasteiger charge is -2.54. The van der Waals surface area contributed by atoms with Gasteiger partial charge in [0.05, 0.1) is 6.10 Å². The molecule has 0 aliphatic heterocycles. The molecule has 3 aliphatic carbocycles. The number of benzene rings is 2. The normalized spacial score (nSPS) is 33.5. The van der Waals surface area contributed by atoms with E-state index in [2.05, 4.69) is 56.3 Å². The van der Waals surface area contributed by atoms with Crippen LogP contribution in [-0.2, 0) is 6.42 Å². The molecule has 32 heavy (non-hydrogen) atoms. The molecule has 2 aromatic rings. The minimum atomic E-state index is -0.203. The summed E-state index contributed by atoms with van der Waals surface area (Å²) >= 11 is 0. The number of aromatic hydroxyl groups is 1. The first-order chi connectivity index (χ1) is 15.4. The molecule has 4 nitrogen and oxygen atoms in total. The van der Waals surface area contributed by atoms with E-state index >= 15 is 0 Å². The van der Waals surface area contributed by atoms with E-state index in [1.165, 1.54) is 16.7 Å². The summed E-state index contributed by atoms with van der Waals surface area (Å²) in [5.74, 6) is 3.27. The second kappa shape index (κ2) is 8.39. The summed E-state index contributed by atoms with van der Waals surface area (Å²) in [5.41, 5.74) is 4.06. The van der Waals surface area contributed by atoms with E-state index in [9.17, 15) is 10.2 Å². The Kier molecular flexibility index (Phi) is 5.71. The SMILES string of the molecule is CN(C)CCOc1ccc(C2C[C@]3(C)C(O)CCC3C3CCc4cc(O)ccc4C23)cc1. The van der Waals surface area contributed by atoms with Crippen molar-refractivity contribution in [3.63, 3.8) is 0 Å². The molecular formula is C28H37NO3. The first-order valence-corrected chi connectivity index (χ1v) is 12.2. The number of aliphatic hydroxyl groups excluding tert-OH is 1. The number of phenols is 1. The Morgan fingerprint density at radius 3 is 2.59 bits per heavy atom. The van der Waals surface area contributed by atoms with Crippen LogP contribution in [-0.4, -0.2) is 48.5 Å². The van der Waals surface area contributed by atoms with Crippen LogP contribution in [0.5, 0.6) is 11.5 Å². The number of ether oxygens (including phenoxy) is 1. The summed E-state index contributed by atoms with van der Waals surface area (Å²) in [4.78, 5) is 2.12. The Hall–Kier alpha value is -2.04. The highest BCUT2D eigenvalue weighted by molar-refractivity contribution is 5.43. The van der Waals surface area contributed by atoms with Gasteiger partial charge in [-0.3, -0.25) is 0 Å². The van der Waals surface area contributed by atoms with Gasteiger partial charge in [0.1, 0.15) is 18.1 Å². The highest BCUT2D eigenvalue weighted by atomic mass is 16.5. The van der Waals surface area contributed by atoms with Crippen molar-refractivity contribution < 1.29 is 14.9 Å². The van der Waals surface area contributed by atoms with E-state index in [1.807, 2.05) is 12.1 Å². The summed E-state index contributed by atoms with van der Waals surface area (Å²) in [5, 5.41) is 21.1. The molecular weight excluding hydrogens is 398 g/mol. The Bertz CT molecular complexity index is 956. The summed E-state index contributed by atoms with van der Waals surface area (Å²) in [6.45, 7) is 3.92. The van der Waals surface area contributed by atoms with Crippen molar-refractivity contribution in [3.8, 4) is 11.5 Å². The smallest absolute Gasteiger partial charge is 0.119 e. The van der Waals surface area contributed by atoms with Gasteiger partial charge in [-0.15, -0.1) is 0 Å². The van der Waals surface area contributed by atoms with Crippen molar-refractivity contribution in [2.75, 3.05) is 27.2 Å². The van der Waals surface area contributed by atoms with Gasteiger partial charge in [0.2, 0.25) is 0 Å². The van der Waals surface area contributed by atoms with Gasteiger partial charge in [0, 0.05) is 6.54 Å². The number of rotatable bonds is 5. The average molecular weight is 436 g/mol. The zero-order chi connectivity index (χ0) is 22.5. The third-order valence-corrected chi connectivity index (χ3v) is 8.78. The van der Waals surface area contributed by atoms with Gasteiger partial charge in [0.25, 0.3) is 0 Å². The lowest BCUT2D eigenvalue weighted by molar-refractivity contribution is -0.0323. The molecule has 0 spiro atoms. The molecule has 0 saturated heterocycles. The minimum Gasteiger partial charge on any atom is -0.508 e. The largest absolute Gasteiger partial charge is 0.508 e. The molecule has 2 N–H and O–H groups in total. The quantitative estimate of drug-likeness (QED) is 0.698. The van der Waals surface area contributed by atoms with E-state index in [-0.39, 0.29) is 11.5 Å². The van der Waals surface area contributed by atoms with Crippen LogP contribution < -0.4 is 4.74 Å². The van der Waals surface area contributed by atoms with Crippen molar-refractivity contribution in [2.24, 2.45) is 17.3 Å². The molecule has 6 atom stereocenters. The summed E-state index contributed by atoms with van der Waals surface area (Å²) in [7, 11) is 4.11. The zero-order valence-electron chi connectivity index (χ0n) is 19.6. The third-order valence-electron chi connectivity index (χ3n) is 8.78. The fourth-order valence-electron chi connectivity index (χ4n) is 7.15. The fraction of sp³-hybridized carbons (Fsp3) is 0.571. The Labute approximate surface area is 192 Å². The maximum absolute atomic E-state index is 11.0. The van der Waals surface area contributed by atoms with Crippen molar-refractivity contribution >= 4 is 0 Å². The lowest BCUT2D eigenvalue weighted by atomic mass is 9.51. The number of hydrogen-bond donors (Lipinski definition) is 2. The summed E-state index contributed by atoms with van der Waals surface area (Å²) < 4.78 is 5.93. The van der Waals surface area contributed by atoms with E-state index in [4.69, 9.17) is 4.74 Å². The molecule has 3 aliphatic rings. The predicted molar refractivity (Wildman–Crippen MR) is 127 cm³/mol.